The summed E-state index contributed by atoms with van der Waals surface area (Å²) in [6, 6.07) is -0.130. The van der Waals surface area contributed by atoms with E-state index in [0.717, 1.165) is 13.1 Å². The average Bonchev–Trinajstić information content (AvgIpc) is 2.11. The van der Waals surface area contributed by atoms with Crippen molar-refractivity contribution < 1.29 is 4.79 Å². The highest BCUT2D eigenvalue weighted by molar-refractivity contribution is 5.82. The number of hydrogen-bond donors (Lipinski definition) is 1. The summed E-state index contributed by atoms with van der Waals surface area (Å²) in [5.74, 6) is 0.671. The van der Waals surface area contributed by atoms with E-state index in [0.29, 0.717) is 12.5 Å². The molecular formula is C9H19N3O. The van der Waals surface area contributed by atoms with E-state index in [1.807, 2.05) is 14.1 Å². The van der Waals surface area contributed by atoms with Gasteiger partial charge in [-0.15, -0.1) is 0 Å². The Hall–Kier alpha value is -0.610. The molecule has 13 heavy (non-hydrogen) atoms. The fraction of sp³-hybridized carbons (Fsp3) is 0.889. The zero-order chi connectivity index (χ0) is 10.0. The number of rotatable bonds is 1. The van der Waals surface area contributed by atoms with Crippen LogP contribution < -0.4 is 5.73 Å². The minimum atomic E-state index is -0.130. The van der Waals surface area contributed by atoms with E-state index in [2.05, 4.69) is 11.8 Å². The van der Waals surface area contributed by atoms with Crippen LogP contribution in [-0.2, 0) is 4.79 Å². The molecule has 76 valence electrons. The molecule has 1 amide bonds. The molecule has 2 unspecified atom stereocenters. The van der Waals surface area contributed by atoms with Crippen LogP contribution in [0.25, 0.3) is 0 Å². The van der Waals surface area contributed by atoms with E-state index in [1.165, 1.54) is 0 Å². The van der Waals surface area contributed by atoms with Crippen LogP contribution in [0.5, 0.6) is 0 Å². The van der Waals surface area contributed by atoms with Crippen LogP contribution in [0, 0.1) is 5.92 Å². The van der Waals surface area contributed by atoms with Gasteiger partial charge in [0.1, 0.15) is 6.04 Å². The summed E-state index contributed by atoms with van der Waals surface area (Å²) in [6.45, 7) is 4.34. The highest BCUT2D eigenvalue weighted by atomic mass is 16.2. The molecule has 0 aromatic carbocycles. The van der Waals surface area contributed by atoms with Gasteiger partial charge in [0, 0.05) is 26.7 Å². The third-order valence-corrected chi connectivity index (χ3v) is 2.60. The van der Waals surface area contributed by atoms with E-state index < -0.39 is 0 Å². The van der Waals surface area contributed by atoms with Crippen LogP contribution in [0.1, 0.15) is 6.92 Å². The van der Waals surface area contributed by atoms with E-state index in [1.54, 1.807) is 4.90 Å². The van der Waals surface area contributed by atoms with Gasteiger partial charge < -0.3 is 10.6 Å². The van der Waals surface area contributed by atoms with Crippen molar-refractivity contribution in [3.8, 4) is 0 Å². The molecule has 1 heterocycles. The van der Waals surface area contributed by atoms with E-state index in [9.17, 15) is 4.79 Å². The van der Waals surface area contributed by atoms with Crippen LogP contribution in [-0.4, -0.2) is 55.5 Å². The molecule has 1 fully saturated rings. The number of carbonyl (C=O) groups excluding carboxylic acids is 1. The summed E-state index contributed by atoms with van der Waals surface area (Å²) in [4.78, 5) is 15.6. The normalized spacial score (nSPS) is 32.0. The van der Waals surface area contributed by atoms with Gasteiger partial charge in [-0.05, 0) is 13.0 Å². The number of nitrogens with zero attached hydrogens (tertiary/aromatic N) is 2. The summed E-state index contributed by atoms with van der Waals surface area (Å²) in [5.41, 5.74) is 5.57. The first kappa shape index (κ1) is 10.5. The number of carbonyl (C=O) groups is 1. The van der Waals surface area contributed by atoms with Gasteiger partial charge in [0.25, 0.3) is 0 Å². The van der Waals surface area contributed by atoms with Gasteiger partial charge in [0.15, 0.2) is 0 Å². The Morgan fingerprint density at radius 1 is 1.46 bits per heavy atom. The lowest BCUT2D eigenvalue weighted by molar-refractivity contribution is -0.133. The van der Waals surface area contributed by atoms with Crippen molar-refractivity contribution in [2.24, 2.45) is 11.7 Å². The molecule has 0 bridgehead atoms. The Kier molecular flexibility index (Phi) is 3.27. The van der Waals surface area contributed by atoms with Crippen LogP contribution in [0.2, 0.25) is 0 Å². The zero-order valence-electron chi connectivity index (χ0n) is 8.66. The summed E-state index contributed by atoms with van der Waals surface area (Å²) >= 11 is 0. The molecular weight excluding hydrogens is 166 g/mol. The summed E-state index contributed by atoms with van der Waals surface area (Å²) in [5, 5.41) is 0. The molecule has 0 spiro atoms. The third kappa shape index (κ3) is 2.19. The lowest BCUT2D eigenvalue weighted by Crippen LogP contribution is -2.47. The first-order valence-corrected chi connectivity index (χ1v) is 4.71. The fourth-order valence-electron chi connectivity index (χ4n) is 1.96. The second-order valence-corrected chi connectivity index (χ2v) is 4.02. The molecule has 1 rings (SSSR count). The maximum absolute atomic E-state index is 11.7. The zero-order valence-corrected chi connectivity index (χ0v) is 8.66. The minimum Gasteiger partial charge on any atom is -0.344 e. The SMILES string of the molecule is CC1CN(C)C(=O)C(CN)N(C)C1. The van der Waals surface area contributed by atoms with Gasteiger partial charge in [-0.3, -0.25) is 9.69 Å². The molecule has 1 aliphatic rings. The number of nitrogens with two attached hydrogens (primary N) is 1. The van der Waals surface area contributed by atoms with Gasteiger partial charge in [0.2, 0.25) is 5.91 Å². The van der Waals surface area contributed by atoms with E-state index >= 15 is 0 Å². The van der Waals surface area contributed by atoms with Gasteiger partial charge in [-0.25, -0.2) is 0 Å². The second-order valence-electron chi connectivity index (χ2n) is 4.02. The molecule has 0 aromatic heterocycles. The van der Waals surface area contributed by atoms with E-state index in [-0.39, 0.29) is 11.9 Å². The first-order chi connectivity index (χ1) is 6.06. The molecule has 0 saturated carbocycles. The van der Waals surface area contributed by atoms with Crippen molar-refractivity contribution in [1.29, 1.82) is 0 Å². The topological polar surface area (TPSA) is 49.6 Å². The van der Waals surface area contributed by atoms with Gasteiger partial charge in [-0.2, -0.15) is 0 Å². The molecule has 4 nitrogen and oxygen atoms in total. The smallest absolute Gasteiger partial charge is 0.240 e. The highest BCUT2D eigenvalue weighted by Crippen LogP contribution is 2.11. The van der Waals surface area contributed by atoms with Crippen molar-refractivity contribution in [2.45, 2.75) is 13.0 Å². The number of hydrogen-bond acceptors (Lipinski definition) is 3. The van der Waals surface area contributed by atoms with E-state index in [4.69, 9.17) is 5.73 Å². The van der Waals surface area contributed by atoms with Crippen molar-refractivity contribution in [3.05, 3.63) is 0 Å². The molecule has 0 aliphatic carbocycles. The highest BCUT2D eigenvalue weighted by Gasteiger charge is 2.29. The Labute approximate surface area is 79.7 Å². The van der Waals surface area contributed by atoms with Crippen molar-refractivity contribution in [2.75, 3.05) is 33.7 Å². The second kappa shape index (κ2) is 4.07. The fourth-order valence-corrected chi connectivity index (χ4v) is 1.96. The predicted molar refractivity (Wildman–Crippen MR) is 52.3 cm³/mol. The summed E-state index contributed by atoms with van der Waals surface area (Å²) in [6.07, 6.45) is 0. The number of amides is 1. The summed E-state index contributed by atoms with van der Waals surface area (Å²) < 4.78 is 0. The lowest BCUT2D eigenvalue weighted by Gasteiger charge is -2.24. The monoisotopic (exact) mass is 185 g/mol. The Morgan fingerprint density at radius 3 is 2.62 bits per heavy atom. The predicted octanol–water partition coefficient (Wildman–Crippen LogP) is -0.646. The molecule has 0 aromatic rings. The Morgan fingerprint density at radius 2 is 2.08 bits per heavy atom. The Bertz CT molecular complexity index is 195. The molecule has 4 heteroatoms. The third-order valence-electron chi connectivity index (χ3n) is 2.60. The molecule has 1 saturated heterocycles. The maximum atomic E-state index is 11.7. The standard InChI is InChI=1S/C9H19N3O/c1-7-5-11(2)8(4-10)9(13)12(3)6-7/h7-8H,4-6,10H2,1-3H3. The van der Waals surface area contributed by atoms with Gasteiger partial charge >= 0.3 is 0 Å². The van der Waals surface area contributed by atoms with Crippen LogP contribution in [0.15, 0.2) is 0 Å². The number of likely N-dealkylation sites (N-methyl/N-ethyl adjacent to an activating group) is 2. The first-order valence-electron chi connectivity index (χ1n) is 4.71. The molecule has 2 atom stereocenters. The summed E-state index contributed by atoms with van der Waals surface area (Å²) in [7, 11) is 3.81. The van der Waals surface area contributed by atoms with Crippen LogP contribution in [0.3, 0.4) is 0 Å². The minimum absolute atomic E-state index is 0.130. The van der Waals surface area contributed by atoms with Crippen molar-refractivity contribution in [1.82, 2.24) is 9.80 Å². The van der Waals surface area contributed by atoms with Gasteiger partial charge in [-0.1, -0.05) is 6.92 Å². The lowest BCUT2D eigenvalue weighted by atomic mass is 10.1. The van der Waals surface area contributed by atoms with Crippen LogP contribution in [0.4, 0.5) is 0 Å². The molecule has 2 N–H and O–H groups in total. The molecule has 0 radical (unpaired) electrons. The van der Waals surface area contributed by atoms with Gasteiger partial charge in [0.05, 0.1) is 0 Å². The largest absolute Gasteiger partial charge is 0.344 e. The van der Waals surface area contributed by atoms with Crippen LogP contribution >= 0.6 is 0 Å². The maximum Gasteiger partial charge on any atom is 0.240 e. The van der Waals surface area contributed by atoms with Crippen molar-refractivity contribution >= 4 is 5.91 Å². The van der Waals surface area contributed by atoms with Crippen molar-refractivity contribution in [3.63, 3.8) is 0 Å². The average molecular weight is 185 g/mol. The quantitative estimate of drug-likeness (QED) is 0.591. The molecule has 1 aliphatic heterocycles. The Balaban J connectivity index is 2.77.